The molecule has 0 bridgehead atoms. The zero-order chi connectivity index (χ0) is 15.5. The lowest BCUT2D eigenvalue weighted by Gasteiger charge is -2.00. The molecule has 0 saturated heterocycles. The molecule has 3 N–H and O–H groups in total. The zero-order valence-electron chi connectivity index (χ0n) is 11.1. The van der Waals surface area contributed by atoms with Gasteiger partial charge in [0.2, 0.25) is 0 Å². The lowest BCUT2D eigenvalue weighted by atomic mass is 10.2. The van der Waals surface area contributed by atoms with Crippen molar-refractivity contribution in [3.05, 3.63) is 52.5 Å². The summed E-state index contributed by atoms with van der Waals surface area (Å²) in [5, 5.41) is 12.4. The van der Waals surface area contributed by atoms with Gasteiger partial charge in [-0.25, -0.2) is 10.1 Å². The average molecular weight is 337 g/mol. The number of hydrogen-bond donors (Lipinski definition) is 2. The summed E-state index contributed by atoms with van der Waals surface area (Å²) in [5.41, 5.74) is 3.39. The molecule has 0 spiro atoms. The van der Waals surface area contributed by atoms with E-state index in [1.165, 1.54) is 17.2 Å². The predicted octanol–water partition coefficient (Wildman–Crippen LogP) is 3.00. The molecule has 1 aromatic carbocycles. The molecule has 3 rings (SSSR count). The Morgan fingerprint density at radius 1 is 1.27 bits per heavy atom. The van der Waals surface area contributed by atoms with Crippen molar-refractivity contribution in [2.45, 2.75) is 0 Å². The minimum absolute atomic E-state index is 0.309. The van der Waals surface area contributed by atoms with Crippen molar-refractivity contribution in [1.29, 1.82) is 0 Å². The molecule has 0 amide bonds. The number of nitrogens with one attached hydrogen (secondary N) is 1. The topological polar surface area (TPSA) is 94.3 Å². The first kappa shape index (κ1) is 14.4. The summed E-state index contributed by atoms with van der Waals surface area (Å²) < 4.78 is 6.86. The van der Waals surface area contributed by atoms with Crippen molar-refractivity contribution >= 4 is 35.4 Å². The summed E-state index contributed by atoms with van der Waals surface area (Å²) in [6.45, 7) is 0. The van der Waals surface area contributed by atoms with Crippen LogP contribution in [0.25, 0.3) is 11.3 Å². The van der Waals surface area contributed by atoms with Crippen molar-refractivity contribution in [2.75, 3.05) is 11.3 Å². The van der Waals surface area contributed by atoms with Gasteiger partial charge >= 0.3 is 0 Å². The number of anilines is 1. The zero-order valence-corrected chi connectivity index (χ0v) is 12.6. The van der Waals surface area contributed by atoms with Crippen LogP contribution in [-0.2, 0) is 0 Å². The molecule has 3 aromatic rings. The van der Waals surface area contributed by atoms with Crippen molar-refractivity contribution in [3.8, 4) is 11.3 Å². The monoisotopic (exact) mass is 336 g/mol. The standard InChI is InChI=1S/C13H10Cl2N6O/c14-8-1-3-10(11(15)5-8)12-4-2-9(22-12)6-17-19-13-20-18-7-21(13)16/h1-7H,16H2,(H,19,20)/b17-6+. The van der Waals surface area contributed by atoms with Gasteiger partial charge in [-0.1, -0.05) is 23.2 Å². The highest BCUT2D eigenvalue weighted by atomic mass is 35.5. The Bertz CT molecular complexity index is 826. The first-order valence-corrected chi connectivity index (χ1v) is 6.88. The maximum Gasteiger partial charge on any atom is 0.263 e. The van der Waals surface area contributed by atoms with E-state index in [4.69, 9.17) is 33.5 Å². The van der Waals surface area contributed by atoms with Crippen LogP contribution in [0.2, 0.25) is 10.0 Å². The number of rotatable bonds is 4. The summed E-state index contributed by atoms with van der Waals surface area (Å²) in [6.07, 6.45) is 2.84. The number of aromatic nitrogens is 3. The number of furan rings is 1. The van der Waals surface area contributed by atoms with Gasteiger partial charge in [0.25, 0.3) is 5.95 Å². The number of hydrogen-bond acceptors (Lipinski definition) is 6. The van der Waals surface area contributed by atoms with Gasteiger partial charge in [0.1, 0.15) is 17.8 Å². The van der Waals surface area contributed by atoms with E-state index >= 15 is 0 Å². The van der Waals surface area contributed by atoms with E-state index in [1.54, 1.807) is 30.3 Å². The lowest BCUT2D eigenvalue weighted by molar-refractivity contribution is 0.575. The van der Waals surface area contributed by atoms with E-state index in [9.17, 15) is 0 Å². The normalized spacial score (nSPS) is 11.2. The van der Waals surface area contributed by atoms with Crippen LogP contribution in [0.3, 0.4) is 0 Å². The van der Waals surface area contributed by atoms with Crippen molar-refractivity contribution in [2.24, 2.45) is 5.10 Å². The van der Waals surface area contributed by atoms with Crippen molar-refractivity contribution in [3.63, 3.8) is 0 Å². The van der Waals surface area contributed by atoms with Gasteiger partial charge in [0.15, 0.2) is 0 Å². The number of hydrazone groups is 1. The highest BCUT2D eigenvalue weighted by Crippen LogP contribution is 2.31. The Labute approximate surface area is 135 Å². The molecule has 0 aliphatic carbocycles. The van der Waals surface area contributed by atoms with E-state index in [0.717, 1.165) is 5.56 Å². The fourth-order valence-corrected chi connectivity index (χ4v) is 2.23. The molecule has 0 fully saturated rings. The van der Waals surface area contributed by atoms with Crippen LogP contribution in [-0.4, -0.2) is 21.1 Å². The molecule has 9 heteroatoms. The maximum absolute atomic E-state index is 6.14. The fraction of sp³-hybridized carbons (Fsp3) is 0. The van der Waals surface area contributed by atoms with Gasteiger partial charge in [-0.2, -0.15) is 5.10 Å². The number of nitrogens with two attached hydrogens (primary N) is 1. The quantitative estimate of drug-likeness (QED) is 0.434. The second kappa shape index (κ2) is 6.08. The minimum atomic E-state index is 0.309. The van der Waals surface area contributed by atoms with Crippen molar-refractivity contribution < 1.29 is 4.42 Å². The Balaban J connectivity index is 1.75. The van der Waals surface area contributed by atoms with Crippen LogP contribution in [0, 0.1) is 0 Å². The number of nitrogens with zero attached hydrogens (tertiary/aromatic N) is 4. The summed E-state index contributed by atoms with van der Waals surface area (Å²) in [4.78, 5) is 0. The first-order valence-electron chi connectivity index (χ1n) is 6.13. The molecule has 0 aliphatic heterocycles. The van der Waals surface area contributed by atoms with Crippen LogP contribution in [0.1, 0.15) is 5.76 Å². The highest BCUT2D eigenvalue weighted by Gasteiger charge is 2.08. The summed E-state index contributed by atoms with van der Waals surface area (Å²) >= 11 is 12.0. The third kappa shape index (κ3) is 3.05. The molecular weight excluding hydrogens is 327 g/mol. The summed E-state index contributed by atoms with van der Waals surface area (Å²) in [5.74, 6) is 7.00. The fourth-order valence-electron chi connectivity index (χ4n) is 1.73. The Kier molecular flexibility index (Phi) is 3.99. The molecule has 0 saturated carbocycles. The minimum Gasteiger partial charge on any atom is -0.455 e. The Morgan fingerprint density at radius 2 is 2.14 bits per heavy atom. The maximum atomic E-state index is 6.14. The number of nitrogen functional groups attached to an aromatic ring is 1. The molecule has 0 atom stereocenters. The van der Waals surface area contributed by atoms with Gasteiger partial charge in [-0.05, 0) is 30.3 Å². The van der Waals surface area contributed by atoms with E-state index in [1.807, 2.05) is 0 Å². The van der Waals surface area contributed by atoms with Crippen molar-refractivity contribution in [1.82, 2.24) is 14.9 Å². The van der Waals surface area contributed by atoms with E-state index in [-0.39, 0.29) is 0 Å². The van der Waals surface area contributed by atoms with Crippen LogP contribution < -0.4 is 11.3 Å². The lowest BCUT2D eigenvalue weighted by Crippen LogP contribution is -2.10. The average Bonchev–Trinajstić information content (AvgIpc) is 3.09. The smallest absolute Gasteiger partial charge is 0.263 e. The van der Waals surface area contributed by atoms with Gasteiger partial charge in [-0.3, -0.25) is 0 Å². The molecular formula is C13H10Cl2N6O. The second-order valence-electron chi connectivity index (χ2n) is 4.26. The second-order valence-corrected chi connectivity index (χ2v) is 5.10. The van der Waals surface area contributed by atoms with E-state index < -0.39 is 0 Å². The number of halogens is 2. The molecule has 2 heterocycles. The van der Waals surface area contributed by atoms with Gasteiger partial charge in [0, 0.05) is 10.6 Å². The number of benzene rings is 1. The third-order valence-electron chi connectivity index (χ3n) is 2.75. The Morgan fingerprint density at radius 3 is 2.86 bits per heavy atom. The molecule has 0 aliphatic rings. The largest absolute Gasteiger partial charge is 0.455 e. The summed E-state index contributed by atoms with van der Waals surface area (Å²) in [7, 11) is 0. The molecule has 2 aromatic heterocycles. The molecule has 112 valence electrons. The van der Waals surface area contributed by atoms with Gasteiger partial charge in [0.05, 0.1) is 11.2 Å². The SMILES string of the molecule is Nn1cnnc1N/N=C/c1ccc(-c2ccc(Cl)cc2Cl)o1. The van der Waals surface area contributed by atoms with E-state index in [0.29, 0.717) is 27.5 Å². The van der Waals surface area contributed by atoms with Crippen LogP contribution in [0.5, 0.6) is 0 Å². The van der Waals surface area contributed by atoms with Crippen LogP contribution >= 0.6 is 23.2 Å². The van der Waals surface area contributed by atoms with Gasteiger partial charge < -0.3 is 10.3 Å². The van der Waals surface area contributed by atoms with Crippen LogP contribution in [0.15, 0.2) is 46.2 Å². The molecule has 22 heavy (non-hydrogen) atoms. The third-order valence-corrected chi connectivity index (χ3v) is 3.30. The van der Waals surface area contributed by atoms with Gasteiger partial charge in [-0.15, -0.1) is 10.2 Å². The molecule has 7 nitrogen and oxygen atoms in total. The van der Waals surface area contributed by atoms with Crippen LogP contribution in [0.4, 0.5) is 5.95 Å². The predicted molar refractivity (Wildman–Crippen MR) is 85.6 cm³/mol. The summed E-state index contributed by atoms with van der Waals surface area (Å²) in [6, 6.07) is 8.75. The first-order chi connectivity index (χ1) is 10.6. The molecule has 0 radical (unpaired) electrons. The molecule has 0 unspecified atom stereocenters. The highest BCUT2D eigenvalue weighted by molar-refractivity contribution is 6.36. The Hall–Kier alpha value is -2.51. The van der Waals surface area contributed by atoms with E-state index in [2.05, 4.69) is 20.7 Å².